The van der Waals surface area contributed by atoms with Crippen LogP contribution >= 0.6 is 0 Å². The van der Waals surface area contributed by atoms with E-state index in [-0.39, 0.29) is 22.8 Å². The molecule has 3 rings (SSSR count). The number of nitrogens with one attached hydrogen (secondary N) is 1. The van der Waals surface area contributed by atoms with Crippen molar-refractivity contribution < 1.29 is 28.5 Å². The van der Waals surface area contributed by atoms with Gasteiger partial charge in [0.1, 0.15) is 5.82 Å². The second-order valence-electron chi connectivity index (χ2n) is 6.36. The molecule has 11 nitrogen and oxygen atoms in total. The molecule has 0 fully saturated rings. The maximum absolute atomic E-state index is 13.6. The largest absolute Gasteiger partial charge is 0.493 e. The molecule has 1 amide bonds. The van der Waals surface area contributed by atoms with Crippen molar-refractivity contribution in [3.63, 3.8) is 0 Å². The Hall–Kier alpha value is -4.87. The summed E-state index contributed by atoms with van der Waals surface area (Å²) >= 11 is 0. The van der Waals surface area contributed by atoms with Gasteiger partial charge in [-0.2, -0.15) is 5.10 Å². The molecular formula is C21H15FN4O7. The molecule has 0 saturated carbocycles. The van der Waals surface area contributed by atoms with Crippen LogP contribution in [0.2, 0.25) is 0 Å². The third-order valence-corrected chi connectivity index (χ3v) is 4.26. The van der Waals surface area contributed by atoms with Gasteiger partial charge in [-0.1, -0.05) is 12.1 Å². The van der Waals surface area contributed by atoms with Crippen molar-refractivity contribution in [1.82, 2.24) is 5.43 Å². The smallest absolute Gasteiger partial charge is 0.318 e. The van der Waals surface area contributed by atoms with E-state index < -0.39 is 32.9 Å². The first-order valence-electron chi connectivity index (χ1n) is 9.17. The SMILES string of the molecule is COc1cc(/C=N\NC(=O)c2ccccc2F)ccc1Oc1ccc([N+](=O)[O-])cc1[N+](=O)[O-]. The first-order valence-corrected chi connectivity index (χ1v) is 9.17. The van der Waals surface area contributed by atoms with Crippen LogP contribution in [-0.4, -0.2) is 29.1 Å². The molecule has 33 heavy (non-hydrogen) atoms. The molecule has 0 heterocycles. The van der Waals surface area contributed by atoms with Gasteiger partial charge >= 0.3 is 5.69 Å². The second-order valence-corrected chi connectivity index (χ2v) is 6.36. The number of amides is 1. The standard InChI is InChI=1S/C21H15FN4O7/c1-32-20-10-13(12-23-24-21(27)15-4-2-3-5-16(15)22)6-8-19(20)33-18-9-7-14(25(28)29)11-17(18)26(30)31/h2-12H,1H3,(H,24,27)/b23-12-. The molecule has 0 saturated heterocycles. The molecule has 12 heteroatoms. The van der Waals surface area contributed by atoms with Crippen LogP contribution in [0.1, 0.15) is 15.9 Å². The predicted molar refractivity (Wildman–Crippen MR) is 114 cm³/mol. The quantitative estimate of drug-likeness (QED) is 0.305. The van der Waals surface area contributed by atoms with Gasteiger partial charge in [0.05, 0.1) is 34.8 Å². The van der Waals surface area contributed by atoms with Crippen LogP contribution in [-0.2, 0) is 0 Å². The van der Waals surface area contributed by atoms with E-state index in [9.17, 15) is 29.4 Å². The van der Waals surface area contributed by atoms with Crippen LogP contribution in [0.4, 0.5) is 15.8 Å². The highest BCUT2D eigenvalue weighted by Gasteiger charge is 2.22. The number of benzene rings is 3. The van der Waals surface area contributed by atoms with Gasteiger partial charge in [0.25, 0.3) is 11.6 Å². The molecule has 3 aromatic rings. The number of rotatable bonds is 8. The van der Waals surface area contributed by atoms with Gasteiger partial charge in [-0.25, -0.2) is 9.82 Å². The topological polar surface area (TPSA) is 146 Å². The van der Waals surface area contributed by atoms with Crippen molar-refractivity contribution in [2.24, 2.45) is 5.10 Å². The number of ether oxygens (including phenoxy) is 2. The monoisotopic (exact) mass is 454 g/mol. The summed E-state index contributed by atoms with van der Waals surface area (Å²) in [5.41, 5.74) is 1.46. The molecule has 0 bridgehead atoms. The summed E-state index contributed by atoms with van der Waals surface area (Å²) in [4.78, 5) is 32.6. The van der Waals surface area contributed by atoms with Crippen LogP contribution in [0.5, 0.6) is 17.2 Å². The predicted octanol–water partition coefficient (Wildman–Crippen LogP) is 4.21. The molecule has 0 aliphatic rings. The van der Waals surface area contributed by atoms with Gasteiger partial charge in [0.2, 0.25) is 5.75 Å². The molecule has 0 spiro atoms. The lowest BCUT2D eigenvalue weighted by Crippen LogP contribution is -2.18. The van der Waals surface area contributed by atoms with Crippen molar-refractivity contribution >= 4 is 23.5 Å². The fourth-order valence-corrected chi connectivity index (χ4v) is 2.69. The van der Waals surface area contributed by atoms with Crippen molar-refractivity contribution in [3.8, 4) is 17.2 Å². The Morgan fingerprint density at radius 1 is 1.00 bits per heavy atom. The van der Waals surface area contributed by atoms with E-state index in [1.165, 1.54) is 49.7 Å². The Labute approximate surface area is 185 Å². The van der Waals surface area contributed by atoms with Crippen molar-refractivity contribution in [2.75, 3.05) is 7.11 Å². The van der Waals surface area contributed by atoms with E-state index in [1.807, 2.05) is 0 Å². The Morgan fingerprint density at radius 2 is 1.73 bits per heavy atom. The zero-order valence-corrected chi connectivity index (χ0v) is 16.9. The number of carbonyl (C=O) groups excluding carboxylic acids is 1. The minimum Gasteiger partial charge on any atom is -0.493 e. The third-order valence-electron chi connectivity index (χ3n) is 4.26. The number of nitro groups is 2. The first-order chi connectivity index (χ1) is 15.8. The summed E-state index contributed by atoms with van der Waals surface area (Å²) in [5, 5.41) is 25.9. The van der Waals surface area contributed by atoms with Gasteiger partial charge in [0, 0.05) is 6.07 Å². The Bertz CT molecular complexity index is 1260. The maximum atomic E-state index is 13.6. The highest BCUT2D eigenvalue weighted by molar-refractivity contribution is 5.95. The van der Waals surface area contributed by atoms with Crippen LogP contribution < -0.4 is 14.9 Å². The molecule has 0 radical (unpaired) electrons. The number of carbonyl (C=O) groups is 1. The van der Waals surface area contributed by atoms with Crippen LogP contribution in [0.15, 0.2) is 65.8 Å². The van der Waals surface area contributed by atoms with E-state index in [0.717, 1.165) is 24.3 Å². The fourth-order valence-electron chi connectivity index (χ4n) is 2.69. The minimum absolute atomic E-state index is 0.0991. The van der Waals surface area contributed by atoms with Gasteiger partial charge in [0.15, 0.2) is 11.5 Å². The number of non-ortho nitro benzene ring substituents is 1. The highest BCUT2D eigenvalue weighted by atomic mass is 19.1. The van der Waals surface area contributed by atoms with E-state index in [4.69, 9.17) is 9.47 Å². The molecule has 168 valence electrons. The van der Waals surface area contributed by atoms with Crippen LogP contribution in [0.25, 0.3) is 0 Å². The number of methoxy groups -OCH3 is 1. The summed E-state index contributed by atoms with van der Waals surface area (Å²) in [6.07, 6.45) is 1.28. The van der Waals surface area contributed by atoms with Crippen molar-refractivity contribution in [1.29, 1.82) is 0 Å². The number of nitrogens with zero attached hydrogens (tertiary/aromatic N) is 3. The molecule has 3 aromatic carbocycles. The Balaban J connectivity index is 1.78. The van der Waals surface area contributed by atoms with Crippen molar-refractivity contribution in [2.45, 2.75) is 0 Å². The molecule has 0 aliphatic carbocycles. The number of hydrazone groups is 1. The summed E-state index contributed by atoms with van der Waals surface area (Å²) < 4.78 is 24.4. The molecular weight excluding hydrogens is 439 g/mol. The molecule has 0 unspecified atom stereocenters. The Kier molecular flexibility index (Phi) is 6.88. The highest BCUT2D eigenvalue weighted by Crippen LogP contribution is 2.38. The third kappa shape index (κ3) is 5.44. The molecule has 0 aromatic heterocycles. The molecule has 0 aliphatic heterocycles. The van der Waals surface area contributed by atoms with Crippen LogP contribution in [0.3, 0.4) is 0 Å². The Morgan fingerprint density at radius 3 is 2.39 bits per heavy atom. The first kappa shape index (κ1) is 22.8. The maximum Gasteiger partial charge on any atom is 0.318 e. The van der Waals surface area contributed by atoms with Crippen LogP contribution in [0, 0.1) is 26.0 Å². The second kappa shape index (κ2) is 9.96. The average Bonchev–Trinajstić information content (AvgIpc) is 2.80. The van der Waals surface area contributed by atoms with E-state index in [1.54, 1.807) is 0 Å². The molecule has 1 N–H and O–H groups in total. The summed E-state index contributed by atoms with van der Waals surface area (Å²) in [6.45, 7) is 0. The van der Waals surface area contributed by atoms with Gasteiger partial charge in [-0.05, 0) is 42.0 Å². The van der Waals surface area contributed by atoms with E-state index >= 15 is 0 Å². The van der Waals surface area contributed by atoms with Gasteiger partial charge in [-0.3, -0.25) is 25.0 Å². The van der Waals surface area contributed by atoms with E-state index in [2.05, 4.69) is 10.5 Å². The lowest BCUT2D eigenvalue weighted by Gasteiger charge is -2.11. The normalized spacial score (nSPS) is 10.6. The van der Waals surface area contributed by atoms with Crippen molar-refractivity contribution in [3.05, 3.63) is 97.8 Å². The number of halogens is 1. The summed E-state index contributed by atoms with van der Waals surface area (Å²) in [5.74, 6) is -1.37. The van der Waals surface area contributed by atoms with Gasteiger partial charge in [-0.15, -0.1) is 0 Å². The fraction of sp³-hybridized carbons (Fsp3) is 0.0476. The number of hydrogen-bond acceptors (Lipinski definition) is 8. The van der Waals surface area contributed by atoms with Gasteiger partial charge < -0.3 is 9.47 Å². The number of hydrogen-bond donors (Lipinski definition) is 1. The lowest BCUT2D eigenvalue weighted by molar-refractivity contribution is -0.394. The summed E-state index contributed by atoms with van der Waals surface area (Å²) in [7, 11) is 1.34. The average molecular weight is 454 g/mol. The molecule has 0 atom stereocenters. The zero-order valence-electron chi connectivity index (χ0n) is 16.9. The minimum atomic E-state index is -0.798. The summed E-state index contributed by atoms with van der Waals surface area (Å²) in [6, 6.07) is 12.9. The zero-order chi connectivity index (χ0) is 24.0. The number of nitro benzene ring substituents is 2. The lowest BCUT2D eigenvalue weighted by atomic mass is 10.2. The van der Waals surface area contributed by atoms with E-state index in [0.29, 0.717) is 5.56 Å².